The van der Waals surface area contributed by atoms with Crippen LogP contribution in [0.25, 0.3) is 0 Å². The van der Waals surface area contributed by atoms with Crippen molar-refractivity contribution in [1.29, 1.82) is 0 Å². The van der Waals surface area contributed by atoms with Gasteiger partial charge in [-0.05, 0) is 31.0 Å². The fourth-order valence-corrected chi connectivity index (χ4v) is 2.50. The standard InChI is InChI=1S/C17H20ClN3O2/c1-12(22)10-14(13-6-3-2-4-7-13)11-20-17(23)21-15-8-5-9-19-16(15)18/h2-9,12,14,22H,10-11H2,1H3,(H2,20,21,23). The zero-order valence-corrected chi connectivity index (χ0v) is 13.6. The van der Waals surface area contributed by atoms with E-state index in [1.54, 1.807) is 25.3 Å². The Morgan fingerprint density at radius 3 is 2.65 bits per heavy atom. The first-order valence-electron chi connectivity index (χ1n) is 7.44. The number of aromatic nitrogens is 1. The number of benzene rings is 1. The van der Waals surface area contributed by atoms with E-state index >= 15 is 0 Å². The van der Waals surface area contributed by atoms with E-state index in [4.69, 9.17) is 11.6 Å². The summed E-state index contributed by atoms with van der Waals surface area (Å²) in [5.41, 5.74) is 1.53. The molecular formula is C17H20ClN3O2. The van der Waals surface area contributed by atoms with Gasteiger partial charge >= 0.3 is 6.03 Å². The molecule has 0 spiro atoms. The molecule has 5 nitrogen and oxygen atoms in total. The highest BCUT2D eigenvalue weighted by atomic mass is 35.5. The first kappa shape index (κ1) is 17.2. The SMILES string of the molecule is CC(O)CC(CNC(=O)Nc1cccnc1Cl)c1ccccc1. The molecule has 0 aliphatic rings. The van der Waals surface area contributed by atoms with E-state index in [0.29, 0.717) is 18.7 Å². The minimum absolute atomic E-state index is 0.0336. The summed E-state index contributed by atoms with van der Waals surface area (Å²) in [6.07, 6.45) is 1.68. The number of aliphatic hydroxyl groups is 1. The monoisotopic (exact) mass is 333 g/mol. The Balaban J connectivity index is 1.95. The summed E-state index contributed by atoms with van der Waals surface area (Å²) in [4.78, 5) is 15.9. The Bertz CT molecular complexity index is 635. The Kier molecular flexibility index (Phi) is 6.38. The van der Waals surface area contributed by atoms with Crippen molar-refractivity contribution in [3.05, 3.63) is 59.4 Å². The maximum atomic E-state index is 12.0. The van der Waals surface area contributed by atoms with Crippen molar-refractivity contribution in [2.75, 3.05) is 11.9 Å². The molecule has 0 saturated carbocycles. The van der Waals surface area contributed by atoms with Crippen LogP contribution in [0, 0.1) is 0 Å². The number of hydrogen-bond donors (Lipinski definition) is 3. The number of nitrogens with one attached hydrogen (secondary N) is 2. The molecular weight excluding hydrogens is 314 g/mol. The van der Waals surface area contributed by atoms with Gasteiger partial charge in [-0.25, -0.2) is 9.78 Å². The number of carbonyl (C=O) groups excluding carboxylic acids is 1. The normalized spacial score (nSPS) is 13.2. The van der Waals surface area contributed by atoms with Crippen molar-refractivity contribution >= 4 is 23.3 Å². The summed E-state index contributed by atoms with van der Waals surface area (Å²) < 4.78 is 0. The predicted octanol–water partition coefficient (Wildman–Crippen LogP) is 3.41. The third kappa shape index (κ3) is 5.54. The number of pyridine rings is 1. The Morgan fingerprint density at radius 2 is 2.00 bits per heavy atom. The minimum Gasteiger partial charge on any atom is -0.393 e. The second-order valence-electron chi connectivity index (χ2n) is 5.37. The number of halogens is 1. The number of carbonyl (C=O) groups is 1. The lowest BCUT2D eigenvalue weighted by Crippen LogP contribution is -2.33. The molecule has 0 radical (unpaired) electrons. The van der Waals surface area contributed by atoms with Crippen molar-refractivity contribution in [2.24, 2.45) is 0 Å². The van der Waals surface area contributed by atoms with Gasteiger partial charge in [0.2, 0.25) is 0 Å². The van der Waals surface area contributed by atoms with Crippen LogP contribution in [0.2, 0.25) is 5.15 Å². The molecule has 0 fully saturated rings. The van der Waals surface area contributed by atoms with E-state index in [2.05, 4.69) is 15.6 Å². The quantitative estimate of drug-likeness (QED) is 0.709. The van der Waals surface area contributed by atoms with Crippen molar-refractivity contribution in [1.82, 2.24) is 10.3 Å². The number of nitrogens with zero attached hydrogens (tertiary/aromatic N) is 1. The summed E-state index contributed by atoms with van der Waals surface area (Å²) in [6.45, 7) is 2.16. The highest BCUT2D eigenvalue weighted by Gasteiger charge is 2.15. The molecule has 122 valence electrons. The largest absolute Gasteiger partial charge is 0.393 e. The molecule has 1 heterocycles. The molecule has 2 unspecified atom stereocenters. The van der Waals surface area contributed by atoms with Gasteiger partial charge in [0.25, 0.3) is 0 Å². The lowest BCUT2D eigenvalue weighted by Gasteiger charge is -2.20. The average Bonchev–Trinajstić information content (AvgIpc) is 2.54. The molecule has 1 aromatic heterocycles. The molecule has 2 amide bonds. The summed E-state index contributed by atoms with van der Waals surface area (Å²) in [6, 6.07) is 12.8. The molecule has 23 heavy (non-hydrogen) atoms. The van der Waals surface area contributed by atoms with Gasteiger partial charge in [0.05, 0.1) is 11.8 Å². The number of rotatable bonds is 6. The fraction of sp³-hybridized carbons (Fsp3) is 0.294. The zero-order valence-electron chi connectivity index (χ0n) is 12.9. The Morgan fingerprint density at radius 1 is 1.26 bits per heavy atom. The number of hydrogen-bond acceptors (Lipinski definition) is 3. The predicted molar refractivity (Wildman–Crippen MR) is 91.7 cm³/mol. The van der Waals surface area contributed by atoms with Crippen LogP contribution in [-0.4, -0.2) is 28.8 Å². The molecule has 2 rings (SSSR count). The molecule has 2 atom stereocenters. The molecule has 1 aromatic carbocycles. The van der Waals surface area contributed by atoms with Gasteiger partial charge < -0.3 is 15.7 Å². The molecule has 0 saturated heterocycles. The minimum atomic E-state index is -0.446. The number of urea groups is 1. The summed E-state index contributed by atoms with van der Waals surface area (Å²) >= 11 is 5.91. The summed E-state index contributed by atoms with van der Waals surface area (Å²) in [5.74, 6) is 0.0336. The number of anilines is 1. The van der Waals surface area contributed by atoms with Gasteiger partial charge in [-0.3, -0.25) is 0 Å². The number of aliphatic hydroxyl groups excluding tert-OH is 1. The summed E-state index contributed by atoms with van der Waals surface area (Å²) in [5, 5.41) is 15.4. The van der Waals surface area contributed by atoms with E-state index in [0.717, 1.165) is 5.56 Å². The van der Waals surface area contributed by atoms with E-state index in [1.807, 2.05) is 30.3 Å². The van der Waals surface area contributed by atoms with Crippen LogP contribution in [0.1, 0.15) is 24.8 Å². The van der Waals surface area contributed by atoms with Crippen molar-refractivity contribution in [2.45, 2.75) is 25.4 Å². The van der Waals surface area contributed by atoms with Gasteiger partial charge in [0, 0.05) is 18.7 Å². The van der Waals surface area contributed by atoms with Crippen LogP contribution in [0.3, 0.4) is 0 Å². The maximum Gasteiger partial charge on any atom is 0.319 e. The molecule has 6 heteroatoms. The Hall–Kier alpha value is -2.11. The fourth-order valence-electron chi connectivity index (χ4n) is 2.34. The number of amides is 2. The van der Waals surface area contributed by atoms with Gasteiger partial charge in [-0.1, -0.05) is 41.9 Å². The molecule has 3 N–H and O–H groups in total. The molecule has 2 aromatic rings. The second kappa shape index (κ2) is 8.50. The van der Waals surface area contributed by atoms with Crippen LogP contribution >= 0.6 is 11.6 Å². The first-order valence-corrected chi connectivity index (χ1v) is 7.82. The topological polar surface area (TPSA) is 74.2 Å². The Labute approximate surface area is 140 Å². The average molecular weight is 334 g/mol. The summed E-state index contributed by atoms with van der Waals surface area (Å²) in [7, 11) is 0. The van der Waals surface area contributed by atoms with Crippen molar-refractivity contribution in [3.63, 3.8) is 0 Å². The highest BCUT2D eigenvalue weighted by Crippen LogP contribution is 2.21. The van der Waals surface area contributed by atoms with E-state index in [1.165, 1.54) is 0 Å². The van der Waals surface area contributed by atoms with Crippen LogP contribution in [0.15, 0.2) is 48.7 Å². The maximum absolute atomic E-state index is 12.0. The van der Waals surface area contributed by atoms with E-state index in [9.17, 15) is 9.90 Å². The third-order valence-corrected chi connectivity index (χ3v) is 3.71. The van der Waals surface area contributed by atoms with Crippen molar-refractivity contribution in [3.8, 4) is 0 Å². The smallest absolute Gasteiger partial charge is 0.319 e. The van der Waals surface area contributed by atoms with E-state index in [-0.39, 0.29) is 17.1 Å². The van der Waals surface area contributed by atoms with Crippen LogP contribution < -0.4 is 10.6 Å². The van der Waals surface area contributed by atoms with Crippen molar-refractivity contribution < 1.29 is 9.90 Å². The zero-order chi connectivity index (χ0) is 16.7. The lowest BCUT2D eigenvalue weighted by atomic mass is 9.93. The molecule has 0 aliphatic carbocycles. The van der Waals surface area contributed by atoms with E-state index < -0.39 is 6.10 Å². The molecule has 0 bridgehead atoms. The van der Waals surface area contributed by atoms with Gasteiger partial charge in [0.1, 0.15) is 0 Å². The first-order chi connectivity index (χ1) is 11.1. The van der Waals surface area contributed by atoms with Crippen LogP contribution in [0.4, 0.5) is 10.5 Å². The van der Waals surface area contributed by atoms with Crippen LogP contribution in [0.5, 0.6) is 0 Å². The molecule has 0 aliphatic heterocycles. The van der Waals surface area contributed by atoms with Gasteiger partial charge in [0.15, 0.2) is 5.15 Å². The highest BCUT2D eigenvalue weighted by molar-refractivity contribution is 6.32. The van der Waals surface area contributed by atoms with Gasteiger partial charge in [-0.15, -0.1) is 0 Å². The third-order valence-electron chi connectivity index (χ3n) is 3.41. The van der Waals surface area contributed by atoms with Crippen LogP contribution in [-0.2, 0) is 0 Å². The lowest BCUT2D eigenvalue weighted by molar-refractivity contribution is 0.173. The van der Waals surface area contributed by atoms with Gasteiger partial charge in [-0.2, -0.15) is 0 Å². The second-order valence-corrected chi connectivity index (χ2v) is 5.73.